The van der Waals surface area contributed by atoms with E-state index in [1.807, 2.05) is 0 Å². The number of hydrogen-bond donors (Lipinski definition) is 2. The number of piperazine rings is 1. The Kier molecular flexibility index (Phi) is 3.96. The molecule has 0 aromatic carbocycles. The van der Waals surface area contributed by atoms with E-state index in [0.29, 0.717) is 32.2 Å². The van der Waals surface area contributed by atoms with Crippen molar-refractivity contribution in [1.29, 1.82) is 0 Å². The van der Waals surface area contributed by atoms with Crippen molar-refractivity contribution in [2.24, 2.45) is 5.73 Å². The van der Waals surface area contributed by atoms with Gasteiger partial charge < -0.3 is 16.0 Å². The van der Waals surface area contributed by atoms with Crippen LogP contribution in [0.3, 0.4) is 0 Å². The smallest absolute Gasteiger partial charge is 0.311 e. The summed E-state index contributed by atoms with van der Waals surface area (Å²) in [5.41, 5.74) is 5.28. The van der Waals surface area contributed by atoms with Crippen LogP contribution in [0.25, 0.3) is 0 Å². The number of amides is 2. The van der Waals surface area contributed by atoms with E-state index in [1.165, 1.54) is 6.42 Å². The zero-order valence-electron chi connectivity index (χ0n) is 10.0. The van der Waals surface area contributed by atoms with Gasteiger partial charge in [0.1, 0.15) is 0 Å². The maximum atomic E-state index is 11.8. The van der Waals surface area contributed by atoms with Crippen LogP contribution in [0.15, 0.2) is 0 Å². The van der Waals surface area contributed by atoms with Crippen molar-refractivity contribution in [3.8, 4) is 0 Å². The predicted molar refractivity (Wildman–Crippen MR) is 63.2 cm³/mol. The van der Waals surface area contributed by atoms with Gasteiger partial charge in [0.15, 0.2) is 0 Å². The number of nitrogens with one attached hydrogen (secondary N) is 1. The van der Waals surface area contributed by atoms with Crippen LogP contribution in [0.1, 0.15) is 12.8 Å². The summed E-state index contributed by atoms with van der Waals surface area (Å²) in [6.45, 7) is 4.08. The van der Waals surface area contributed by atoms with E-state index >= 15 is 0 Å². The van der Waals surface area contributed by atoms with Gasteiger partial charge in [-0.25, -0.2) is 0 Å². The molecule has 3 N–H and O–H groups in total. The summed E-state index contributed by atoms with van der Waals surface area (Å²) in [7, 11) is 0. The topological polar surface area (TPSA) is 78.7 Å². The Morgan fingerprint density at radius 3 is 2.88 bits per heavy atom. The van der Waals surface area contributed by atoms with Gasteiger partial charge in [0.25, 0.3) is 0 Å². The number of nitrogens with two attached hydrogens (primary N) is 1. The van der Waals surface area contributed by atoms with Crippen LogP contribution in [-0.4, -0.2) is 66.9 Å². The van der Waals surface area contributed by atoms with E-state index in [1.54, 1.807) is 4.90 Å². The Morgan fingerprint density at radius 1 is 1.29 bits per heavy atom. The molecule has 1 unspecified atom stereocenters. The second-order valence-electron chi connectivity index (χ2n) is 4.63. The number of rotatable bonds is 2. The Morgan fingerprint density at radius 2 is 2.12 bits per heavy atom. The number of nitrogens with zero attached hydrogens (tertiary/aromatic N) is 2. The van der Waals surface area contributed by atoms with Gasteiger partial charge in [-0.15, -0.1) is 0 Å². The largest absolute Gasteiger partial charge is 0.347 e. The van der Waals surface area contributed by atoms with Gasteiger partial charge in [0, 0.05) is 38.8 Å². The molecular formula is C11H20N4O2. The fraction of sp³-hybridized carbons (Fsp3) is 0.818. The van der Waals surface area contributed by atoms with Crippen molar-refractivity contribution >= 4 is 11.8 Å². The lowest BCUT2D eigenvalue weighted by atomic mass is 10.1. The standard InChI is InChI=1S/C11H20N4O2/c12-3-4-13-10(16)11(17)15-7-6-14-5-1-2-9(14)8-15/h9H,1-8,12H2,(H,13,16). The van der Waals surface area contributed by atoms with Crippen LogP contribution in [0.4, 0.5) is 0 Å². The lowest BCUT2D eigenvalue weighted by Crippen LogP contribution is -2.55. The summed E-state index contributed by atoms with van der Waals surface area (Å²) >= 11 is 0. The predicted octanol–water partition coefficient (Wildman–Crippen LogP) is -1.63. The van der Waals surface area contributed by atoms with E-state index < -0.39 is 11.8 Å². The Hall–Kier alpha value is -1.14. The van der Waals surface area contributed by atoms with Crippen molar-refractivity contribution < 1.29 is 9.59 Å². The van der Waals surface area contributed by atoms with Gasteiger partial charge in [-0.1, -0.05) is 0 Å². The summed E-state index contributed by atoms with van der Waals surface area (Å²) in [5.74, 6) is -0.938. The first-order chi connectivity index (χ1) is 8.22. The zero-order chi connectivity index (χ0) is 12.3. The van der Waals surface area contributed by atoms with Crippen LogP contribution in [0.2, 0.25) is 0 Å². The molecular weight excluding hydrogens is 220 g/mol. The SMILES string of the molecule is NCCNC(=O)C(=O)N1CCN2CCCC2C1. The van der Waals surface area contributed by atoms with E-state index in [4.69, 9.17) is 5.73 Å². The molecule has 0 saturated carbocycles. The molecule has 2 rings (SSSR count). The average molecular weight is 240 g/mol. The van der Waals surface area contributed by atoms with Crippen molar-refractivity contribution in [3.05, 3.63) is 0 Å². The maximum absolute atomic E-state index is 11.8. The quantitative estimate of drug-likeness (QED) is 0.568. The van der Waals surface area contributed by atoms with Gasteiger partial charge in [-0.2, -0.15) is 0 Å². The van der Waals surface area contributed by atoms with Crippen LogP contribution >= 0.6 is 0 Å². The van der Waals surface area contributed by atoms with Gasteiger partial charge in [0.2, 0.25) is 0 Å². The molecule has 17 heavy (non-hydrogen) atoms. The number of fused-ring (bicyclic) bond motifs is 1. The molecule has 0 bridgehead atoms. The van der Waals surface area contributed by atoms with Crippen molar-refractivity contribution in [1.82, 2.24) is 15.1 Å². The summed E-state index contributed by atoms with van der Waals surface area (Å²) in [5, 5.41) is 2.52. The van der Waals surface area contributed by atoms with E-state index in [0.717, 1.165) is 19.5 Å². The Balaban J connectivity index is 1.85. The molecule has 2 aliphatic rings. The van der Waals surface area contributed by atoms with Crippen molar-refractivity contribution in [2.75, 3.05) is 39.3 Å². The minimum Gasteiger partial charge on any atom is -0.347 e. The zero-order valence-corrected chi connectivity index (χ0v) is 10.0. The third kappa shape index (κ3) is 2.76. The molecule has 2 heterocycles. The maximum Gasteiger partial charge on any atom is 0.311 e. The molecule has 96 valence electrons. The lowest BCUT2D eigenvalue weighted by molar-refractivity contribution is -0.147. The molecule has 0 aromatic rings. The van der Waals surface area contributed by atoms with Crippen LogP contribution in [0, 0.1) is 0 Å². The first-order valence-electron chi connectivity index (χ1n) is 6.23. The highest BCUT2D eigenvalue weighted by Gasteiger charge is 2.34. The van der Waals surface area contributed by atoms with Gasteiger partial charge in [0.05, 0.1) is 0 Å². The molecule has 0 aromatic heterocycles. The van der Waals surface area contributed by atoms with Crippen molar-refractivity contribution in [3.63, 3.8) is 0 Å². The summed E-state index contributed by atoms with van der Waals surface area (Å²) in [6.07, 6.45) is 2.33. The number of carbonyl (C=O) groups excluding carboxylic acids is 2. The number of hydrogen-bond acceptors (Lipinski definition) is 4. The first kappa shape index (κ1) is 12.3. The molecule has 1 atom stereocenters. The molecule has 6 nitrogen and oxygen atoms in total. The van der Waals surface area contributed by atoms with Gasteiger partial charge in [-0.3, -0.25) is 14.5 Å². The summed E-state index contributed by atoms with van der Waals surface area (Å²) in [4.78, 5) is 27.4. The third-order valence-electron chi connectivity index (χ3n) is 3.50. The van der Waals surface area contributed by atoms with Crippen LogP contribution in [0.5, 0.6) is 0 Å². The molecule has 2 fully saturated rings. The molecule has 0 aliphatic carbocycles. The highest BCUT2D eigenvalue weighted by molar-refractivity contribution is 6.35. The fourth-order valence-electron chi connectivity index (χ4n) is 2.58. The number of carbonyl (C=O) groups is 2. The Bertz CT molecular complexity index is 308. The highest BCUT2D eigenvalue weighted by Crippen LogP contribution is 2.21. The molecule has 2 saturated heterocycles. The molecule has 6 heteroatoms. The first-order valence-corrected chi connectivity index (χ1v) is 6.23. The van der Waals surface area contributed by atoms with E-state index in [2.05, 4.69) is 10.2 Å². The normalized spacial score (nSPS) is 24.5. The van der Waals surface area contributed by atoms with Crippen molar-refractivity contribution in [2.45, 2.75) is 18.9 Å². The summed E-state index contributed by atoms with van der Waals surface area (Å²) < 4.78 is 0. The van der Waals surface area contributed by atoms with E-state index in [9.17, 15) is 9.59 Å². The fourth-order valence-corrected chi connectivity index (χ4v) is 2.58. The van der Waals surface area contributed by atoms with Gasteiger partial charge >= 0.3 is 11.8 Å². The molecule has 0 spiro atoms. The minimum atomic E-state index is -0.526. The molecule has 2 aliphatic heterocycles. The average Bonchev–Trinajstić information content (AvgIpc) is 2.81. The molecule has 2 amide bonds. The van der Waals surface area contributed by atoms with Gasteiger partial charge in [-0.05, 0) is 19.4 Å². The Labute approximate surface area is 101 Å². The second kappa shape index (κ2) is 5.46. The summed E-state index contributed by atoms with van der Waals surface area (Å²) in [6, 6.07) is 0.454. The van der Waals surface area contributed by atoms with E-state index in [-0.39, 0.29) is 0 Å². The third-order valence-corrected chi connectivity index (χ3v) is 3.50. The van der Waals surface area contributed by atoms with Crippen LogP contribution < -0.4 is 11.1 Å². The monoisotopic (exact) mass is 240 g/mol. The van der Waals surface area contributed by atoms with Crippen LogP contribution in [-0.2, 0) is 9.59 Å². The highest BCUT2D eigenvalue weighted by atomic mass is 16.2. The lowest BCUT2D eigenvalue weighted by Gasteiger charge is -2.37. The minimum absolute atomic E-state index is 0.355. The molecule has 0 radical (unpaired) electrons. The second-order valence-corrected chi connectivity index (χ2v) is 4.63.